The highest BCUT2D eigenvalue weighted by molar-refractivity contribution is 8.05. The van der Waals surface area contributed by atoms with Crippen LogP contribution in [0.2, 0.25) is 0 Å². The van der Waals surface area contributed by atoms with Gasteiger partial charge >= 0.3 is 5.97 Å². The van der Waals surface area contributed by atoms with Crippen molar-refractivity contribution < 1.29 is 9.90 Å². The molecule has 0 bridgehead atoms. The summed E-state index contributed by atoms with van der Waals surface area (Å²) in [7, 11) is 0.205. The van der Waals surface area contributed by atoms with Crippen LogP contribution < -0.4 is 0 Å². The Bertz CT molecular complexity index is 121. The Labute approximate surface area is 67.7 Å². The van der Waals surface area contributed by atoms with E-state index in [0.29, 0.717) is 5.75 Å². The van der Waals surface area contributed by atoms with Crippen molar-refractivity contribution in [1.29, 1.82) is 0 Å². The molecule has 0 aromatic carbocycles. The van der Waals surface area contributed by atoms with E-state index in [1.54, 1.807) is 0 Å². The van der Waals surface area contributed by atoms with Gasteiger partial charge in [-0.15, -0.1) is 0 Å². The van der Waals surface area contributed by atoms with Crippen molar-refractivity contribution in [2.45, 2.75) is 0 Å². The fourth-order valence-corrected chi connectivity index (χ4v) is 4.75. The number of hydrogen-bond donors (Lipinski definition) is 1. The van der Waals surface area contributed by atoms with Crippen LogP contribution in [0, 0.1) is 0 Å². The first-order valence-electron chi connectivity index (χ1n) is 3.22. The molecule has 0 spiro atoms. The summed E-state index contributed by atoms with van der Waals surface area (Å²) >= 11 is 1.94. The number of thioether (sulfide) groups is 1. The van der Waals surface area contributed by atoms with E-state index in [-0.39, 0.29) is 10.9 Å². The average Bonchev–Trinajstić information content (AvgIpc) is 1.88. The summed E-state index contributed by atoms with van der Waals surface area (Å²) in [6.07, 6.45) is 0. The van der Waals surface area contributed by atoms with Gasteiger partial charge in [0.15, 0.2) is 0 Å². The molecule has 1 heterocycles. The van der Waals surface area contributed by atoms with Crippen molar-refractivity contribution in [2.75, 3.05) is 28.8 Å². The predicted molar refractivity (Wildman–Crippen MR) is 46.9 cm³/mol. The molecule has 0 aliphatic carbocycles. The zero-order chi connectivity index (χ0) is 7.40. The molecule has 10 heavy (non-hydrogen) atoms. The van der Waals surface area contributed by atoms with E-state index in [4.69, 9.17) is 5.11 Å². The van der Waals surface area contributed by atoms with E-state index in [1.807, 2.05) is 11.8 Å². The Hall–Kier alpha value is 0.170. The normalized spacial score (nSPS) is 20.8. The Morgan fingerprint density at radius 2 is 2.10 bits per heavy atom. The van der Waals surface area contributed by atoms with Gasteiger partial charge in [-0.1, -0.05) is 0 Å². The van der Waals surface area contributed by atoms with Gasteiger partial charge < -0.3 is 5.11 Å². The largest absolute Gasteiger partial charge is 0.478 e. The molecular formula is C6H11O2S2+. The fraction of sp³-hybridized carbons (Fsp3) is 0.833. The average molecular weight is 179 g/mol. The van der Waals surface area contributed by atoms with Gasteiger partial charge in [0.05, 0.1) is 0 Å². The second-order valence-electron chi connectivity index (χ2n) is 2.17. The smallest absolute Gasteiger partial charge is 0.353 e. The molecule has 1 rings (SSSR count). The van der Waals surface area contributed by atoms with Gasteiger partial charge in [0.1, 0.15) is 11.5 Å². The minimum Gasteiger partial charge on any atom is -0.478 e. The van der Waals surface area contributed by atoms with E-state index in [2.05, 4.69) is 0 Å². The summed E-state index contributed by atoms with van der Waals surface area (Å²) in [4.78, 5) is 10.3. The molecule has 0 aromatic heterocycles. The van der Waals surface area contributed by atoms with Gasteiger partial charge in [-0.05, 0) is 0 Å². The Kier molecular flexibility index (Phi) is 3.42. The van der Waals surface area contributed by atoms with Crippen molar-refractivity contribution >= 4 is 28.6 Å². The van der Waals surface area contributed by atoms with Crippen LogP contribution in [0.4, 0.5) is 0 Å². The number of hydrogen-bond acceptors (Lipinski definition) is 2. The van der Waals surface area contributed by atoms with Gasteiger partial charge in [-0.3, -0.25) is 0 Å². The van der Waals surface area contributed by atoms with Crippen molar-refractivity contribution in [1.82, 2.24) is 0 Å². The van der Waals surface area contributed by atoms with Crippen LogP contribution in [0.3, 0.4) is 0 Å². The van der Waals surface area contributed by atoms with Gasteiger partial charge in [-0.25, -0.2) is 4.79 Å². The first kappa shape index (κ1) is 8.27. The molecule has 0 unspecified atom stereocenters. The lowest BCUT2D eigenvalue weighted by atomic mass is 10.8. The lowest BCUT2D eigenvalue weighted by molar-refractivity contribution is -0.133. The summed E-state index contributed by atoms with van der Waals surface area (Å²) in [6.45, 7) is 0. The molecule has 58 valence electrons. The van der Waals surface area contributed by atoms with Crippen LogP contribution in [0.1, 0.15) is 0 Å². The summed E-state index contributed by atoms with van der Waals surface area (Å²) < 4.78 is 0. The van der Waals surface area contributed by atoms with Crippen LogP contribution in [0.25, 0.3) is 0 Å². The maximum Gasteiger partial charge on any atom is 0.353 e. The minimum atomic E-state index is -0.629. The van der Waals surface area contributed by atoms with Crippen molar-refractivity contribution in [2.24, 2.45) is 0 Å². The van der Waals surface area contributed by atoms with E-state index < -0.39 is 5.97 Å². The molecule has 0 aromatic rings. The highest BCUT2D eigenvalue weighted by Crippen LogP contribution is 2.13. The maximum absolute atomic E-state index is 10.3. The molecule has 1 aliphatic heterocycles. The van der Waals surface area contributed by atoms with E-state index >= 15 is 0 Å². The van der Waals surface area contributed by atoms with Crippen LogP contribution >= 0.6 is 11.8 Å². The lowest BCUT2D eigenvalue weighted by Gasteiger charge is -2.10. The number of carbonyl (C=O) groups is 1. The molecule has 1 aliphatic rings. The second kappa shape index (κ2) is 4.13. The SMILES string of the molecule is O=C(O)C[S+]1CCSCC1. The third-order valence-corrected chi connectivity index (χ3v) is 5.08. The van der Waals surface area contributed by atoms with Crippen LogP contribution in [-0.2, 0) is 15.7 Å². The summed E-state index contributed by atoms with van der Waals surface area (Å²) in [5.41, 5.74) is 0. The molecule has 1 saturated heterocycles. The first-order chi connectivity index (χ1) is 4.79. The second-order valence-corrected chi connectivity index (χ2v) is 5.73. The molecule has 0 radical (unpaired) electrons. The van der Waals surface area contributed by atoms with E-state index in [9.17, 15) is 4.79 Å². The van der Waals surface area contributed by atoms with Gasteiger partial charge in [-0.2, -0.15) is 11.8 Å². The van der Waals surface area contributed by atoms with Crippen molar-refractivity contribution in [3.63, 3.8) is 0 Å². The maximum atomic E-state index is 10.3. The molecule has 1 N–H and O–H groups in total. The molecule has 4 heteroatoms. The third kappa shape index (κ3) is 2.84. The highest BCUT2D eigenvalue weighted by Gasteiger charge is 2.24. The van der Waals surface area contributed by atoms with E-state index in [0.717, 1.165) is 23.0 Å². The predicted octanol–water partition coefficient (Wildman–Crippen LogP) is 0.436. The number of carboxylic acid groups (broad SMARTS) is 1. The quantitative estimate of drug-likeness (QED) is 0.625. The van der Waals surface area contributed by atoms with Crippen molar-refractivity contribution in [3.8, 4) is 0 Å². The Morgan fingerprint density at radius 1 is 1.50 bits per heavy atom. The first-order valence-corrected chi connectivity index (χ1v) is 6.11. The summed E-state index contributed by atoms with van der Waals surface area (Å²) in [5, 5.41) is 8.47. The standard InChI is InChI=1S/C6H10O2S2/c7-6(8)5-10-3-1-9-2-4-10/h1-5H2/p+1. The highest BCUT2D eigenvalue weighted by atomic mass is 32.2. The lowest BCUT2D eigenvalue weighted by Crippen LogP contribution is -2.27. The zero-order valence-electron chi connectivity index (χ0n) is 5.71. The molecular weight excluding hydrogens is 168 g/mol. The monoisotopic (exact) mass is 179 g/mol. The molecule has 2 nitrogen and oxygen atoms in total. The molecule has 0 amide bonds. The summed E-state index contributed by atoms with van der Waals surface area (Å²) in [6, 6.07) is 0. The Balaban J connectivity index is 2.19. The third-order valence-electron chi connectivity index (χ3n) is 1.36. The Morgan fingerprint density at radius 3 is 2.60 bits per heavy atom. The van der Waals surface area contributed by atoms with Gasteiger partial charge in [0.2, 0.25) is 5.75 Å². The summed E-state index contributed by atoms with van der Waals surface area (Å²) in [5.74, 6) is 4.34. The van der Waals surface area contributed by atoms with E-state index in [1.165, 1.54) is 0 Å². The zero-order valence-corrected chi connectivity index (χ0v) is 7.34. The number of rotatable bonds is 2. The molecule has 0 saturated carbocycles. The van der Waals surface area contributed by atoms with Gasteiger partial charge in [0, 0.05) is 22.4 Å². The van der Waals surface area contributed by atoms with Crippen LogP contribution in [-0.4, -0.2) is 39.8 Å². The fourth-order valence-electron chi connectivity index (χ4n) is 0.877. The van der Waals surface area contributed by atoms with Crippen LogP contribution in [0.5, 0.6) is 0 Å². The van der Waals surface area contributed by atoms with Gasteiger partial charge in [0.25, 0.3) is 0 Å². The minimum absolute atomic E-state index is 0.205. The van der Waals surface area contributed by atoms with Crippen LogP contribution in [0.15, 0.2) is 0 Å². The number of carboxylic acids is 1. The topological polar surface area (TPSA) is 37.3 Å². The van der Waals surface area contributed by atoms with Crippen molar-refractivity contribution in [3.05, 3.63) is 0 Å². The molecule has 1 fully saturated rings. The molecule has 0 atom stereocenters. The number of aliphatic carboxylic acids is 1.